The number of halogens is 1. The Morgan fingerprint density at radius 3 is 2.76 bits per heavy atom. The number of aromatic nitrogens is 1. The van der Waals surface area contributed by atoms with Gasteiger partial charge in [-0.1, -0.05) is 6.07 Å². The molecule has 0 bridgehead atoms. The largest absolute Gasteiger partial charge is 0.507 e. The molecule has 0 unspecified atom stereocenters. The lowest BCUT2D eigenvalue weighted by Crippen LogP contribution is -2.09. The van der Waals surface area contributed by atoms with Crippen LogP contribution in [0.25, 0.3) is 10.9 Å². The van der Waals surface area contributed by atoms with Gasteiger partial charge in [-0.05, 0) is 43.4 Å². The Morgan fingerprint density at radius 2 is 1.94 bits per heavy atom. The van der Waals surface area contributed by atoms with Crippen molar-refractivity contribution in [2.75, 3.05) is 5.73 Å². The van der Waals surface area contributed by atoms with E-state index in [0.29, 0.717) is 5.39 Å². The number of benzene rings is 1. The number of hydrogen-bond acceptors (Lipinski definition) is 3. The normalized spacial score (nSPS) is 14.1. The second-order valence-electron chi connectivity index (χ2n) is 4.33. The van der Waals surface area contributed by atoms with Gasteiger partial charge < -0.3 is 10.8 Å². The summed E-state index contributed by atoms with van der Waals surface area (Å²) in [5.74, 6) is 0.232. The summed E-state index contributed by atoms with van der Waals surface area (Å²) in [6.07, 6.45) is 4.34. The van der Waals surface area contributed by atoms with E-state index >= 15 is 0 Å². The van der Waals surface area contributed by atoms with Gasteiger partial charge in [0.2, 0.25) is 0 Å². The molecule has 0 aliphatic heterocycles. The minimum Gasteiger partial charge on any atom is -0.507 e. The van der Waals surface area contributed by atoms with Crippen LogP contribution in [-0.2, 0) is 12.8 Å². The van der Waals surface area contributed by atoms with Gasteiger partial charge in [0.15, 0.2) is 0 Å². The monoisotopic (exact) mass is 250 g/mol. The Kier molecular flexibility index (Phi) is 3.11. The van der Waals surface area contributed by atoms with Crippen LogP contribution in [0.5, 0.6) is 5.75 Å². The fourth-order valence-electron chi connectivity index (χ4n) is 2.50. The summed E-state index contributed by atoms with van der Waals surface area (Å²) in [5.41, 5.74) is 9.92. The van der Waals surface area contributed by atoms with Crippen LogP contribution in [0.2, 0.25) is 0 Å². The van der Waals surface area contributed by atoms with Gasteiger partial charge in [0.05, 0.1) is 10.9 Å². The van der Waals surface area contributed by atoms with Gasteiger partial charge in [0, 0.05) is 11.4 Å². The predicted molar refractivity (Wildman–Crippen MR) is 71.7 cm³/mol. The maximum absolute atomic E-state index is 9.83. The first-order valence-corrected chi connectivity index (χ1v) is 5.66. The first-order valence-electron chi connectivity index (χ1n) is 5.66. The number of nitrogens with two attached hydrogens (primary N) is 1. The number of phenols is 1. The highest BCUT2D eigenvalue weighted by atomic mass is 35.5. The van der Waals surface area contributed by atoms with Crippen LogP contribution in [0, 0.1) is 0 Å². The summed E-state index contributed by atoms with van der Waals surface area (Å²) in [7, 11) is 0. The van der Waals surface area contributed by atoms with E-state index in [1.54, 1.807) is 12.1 Å². The van der Waals surface area contributed by atoms with Crippen LogP contribution in [0.4, 0.5) is 5.69 Å². The molecule has 90 valence electrons. The summed E-state index contributed by atoms with van der Waals surface area (Å²) >= 11 is 0. The van der Waals surface area contributed by atoms with Crippen molar-refractivity contribution in [3.8, 4) is 5.75 Å². The smallest absolute Gasteiger partial charge is 0.127 e. The molecule has 1 aromatic carbocycles. The molecule has 0 spiro atoms. The highest BCUT2D eigenvalue weighted by molar-refractivity contribution is 5.97. The molecule has 1 aliphatic carbocycles. The number of nitrogens with zero attached hydrogens (tertiary/aromatic N) is 1. The SMILES string of the molecule is Cl.Nc1c2c(nc3cccc(O)c13)CCCC2. The van der Waals surface area contributed by atoms with Gasteiger partial charge >= 0.3 is 0 Å². The molecular weight excluding hydrogens is 236 g/mol. The van der Waals surface area contributed by atoms with E-state index in [0.717, 1.165) is 41.7 Å². The molecule has 2 aromatic rings. The number of aromatic hydroxyl groups is 1. The van der Waals surface area contributed by atoms with E-state index in [-0.39, 0.29) is 18.2 Å². The fourth-order valence-corrected chi connectivity index (χ4v) is 2.50. The van der Waals surface area contributed by atoms with Crippen LogP contribution in [-0.4, -0.2) is 10.1 Å². The predicted octanol–water partition coefficient (Wildman–Crippen LogP) is 2.82. The highest BCUT2D eigenvalue weighted by Crippen LogP contribution is 2.35. The third-order valence-corrected chi connectivity index (χ3v) is 3.31. The van der Waals surface area contributed by atoms with Crippen LogP contribution in [0.15, 0.2) is 18.2 Å². The molecule has 1 aliphatic rings. The Labute approximate surface area is 106 Å². The van der Waals surface area contributed by atoms with E-state index in [9.17, 15) is 5.11 Å². The first-order chi connectivity index (χ1) is 7.77. The zero-order valence-corrected chi connectivity index (χ0v) is 10.3. The molecule has 3 N–H and O–H groups in total. The molecule has 0 amide bonds. The van der Waals surface area contributed by atoms with Gasteiger partial charge in [0.1, 0.15) is 5.75 Å². The van der Waals surface area contributed by atoms with Crippen LogP contribution < -0.4 is 5.73 Å². The number of phenolic OH excluding ortho intramolecular Hbond substituents is 1. The maximum atomic E-state index is 9.83. The topological polar surface area (TPSA) is 59.1 Å². The Bertz CT molecular complexity index is 569. The van der Waals surface area contributed by atoms with Crippen molar-refractivity contribution < 1.29 is 5.11 Å². The molecule has 4 heteroatoms. The minimum atomic E-state index is 0. The summed E-state index contributed by atoms with van der Waals surface area (Å²) in [4.78, 5) is 4.60. The van der Waals surface area contributed by atoms with Gasteiger partial charge in [0.25, 0.3) is 0 Å². The molecule has 0 atom stereocenters. The quantitative estimate of drug-likeness (QED) is 0.756. The van der Waals surface area contributed by atoms with Crippen molar-refractivity contribution in [3.05, 3.63) is 29.5 Å². The Balaban J connectivity index is 0.00000108. The van der Waals surface area contributed by atoms with E-state index in [1.165, 1.54) is 6.42 Å². The second-order valence-corrected chi connectivity index (χ2v) is 4.33. The van der Waals surface area contributed by atoms with E-state index in [4.69, 9.17) is 5.73 Å². The lowest BCUT2D eigenvalue weighted by atomic mass is 9.93. The fraction of sp³-hybridized carbons (Fsp3) is 0.308. The van der Waals surface area contributed by atoms with E-state index in [1.807, 2.05) is 6.07 Å². The van der Waals surface area contributed by atoms with Crippen molar-refractivity contribution >= 4 is 29.0 Å². The Hall–Kier alpha value is -1.48. The van der Waals surface area contributed by atoms with Crippen LogP contribution in [0.1, 0.15) is 24.1 Å². The van der Waals surface area contributed by atoms with Crippen molar-refractivity contribution in [2.24, 2.45) is 0 Å². The first kappa shape index (κ1) is 12.0. The molecule has 0 fully saturated rings. The molecule has 17 heavy (non-hydrogen) atoms. The third-order valence-electron chi connectivity index (χ3n) is 3.31. The number of fused-ring (bicyclic) bond motifs is 2. The molecule has 1 aromatic heterocycles. The van der Waals surface area contributed by atoms with Crippen molar-refractivity contribution in [1.29, 1.82) is 0 Å². The van der Waals surface area contributed by atoms with Gasteiger partial charge in [-0.2, -0.15) is 0 Å². The zero-order valence-electron chi connectivity index (χ0n) is 9.44. The number of pyridine rings is 1. The molecule has 1 heterocycles. The molecule has 0 saturated heterocycles. The van der Waals surface area contributed by atoms with Crippen LogP contribution >= 0.6 is 12.4 Å². The number of rotatable bonds is 0. The van der Waals surface area contributed by atoms with Crippen LogP contribution in [0.3, 0.4) is 0 Å². The summed E-state index contributed by atoms with van der Waals surface area (Å²) in [6.45, 7) is 0. The molecular formula is C13H15ClN2O. The standard InChI is InChI=1S/C13H14N2O.ClH/c14-13-8-4-1-2-5-9(8)15-10-6-3-7-11(16)12(10)13;/h3,6-7,16H,1-2,4-5H2,(H2,14,15);1H. The van der Waals surface area contributed by atoms with Gasteiger partial charge in [-0.3, -0.25) is 4.98 Å². The summed E-state index contributed by atoms with van der Waals surface area (Å²) < 4.78 is 0. The maximum Gasteiger partial charge on any atom is 0.127 e. The lowest BCUT2D eigenvalue weighted by Gasteiger charge is -2.18. The van der Waals surface area contributed by atoms with E-state index in [2.05, 4.69) is 4.98 Å². The summed E-state index contributed by atoms with van der Waals surface area (Å²) in [5, 5.41) is 10.5. The number of nitrogen functional groups attached to an aromatic ring is 1. The van der Waals surface area contributed by atoms with Gasteiger partial charge in [-0.15, -0.1) is 12.4 Å². The van der Waals surface area contributed by atoms with Gasteiger partial charge in [-0.25, -0.2) is 0 Å². The average Bonchev–Trinajstić information content (AvgIpc) is 2.29. The number of aryl methyl sites for hydroxylation is 1. The lowest BCUT2D eigenvalue weighted by molar-refractivity contribution is 0.481. The number of hydrogen-bond donors (Lipinski definition) is 2. The van der Waals surface area contributed by atoms with E-state index < -0.39 is 0 Å². The molecule has 3 nitrogen and oxygen atoms in total. The van der Waals surface area contributed by atoms with Crippen molar-refractivity contribution in [2.45, 2.75) is 25.7 Å². The van der Waals surface area contributed by atoms with Crippen molar-refractivity contribution in [3.63, 3.8) is 0 Å². The Morgan fingerprint density at radius 1 is 1.18 bits per heavy atom. The molecule has 3 rings (SSSR count). The summed E-state index contributed by atoms with van der Waals surface area (Å²) in [6, 6.07) is 5.37. The number of anilines is 1. The highest BCUT2D eigenvalue weighted by Gasteiger charge is 2.17. The zero-order chi connectivity index (χ0) is 11.1. The van der Waals surface area contributed by atoms with Crippen molar-refractivity contribution in [1.82, 2.24) is 4.98 Å². The average molecular weight is 251 g/mol. The molecule has 0 radical (unpaired) electrons. The second kappa shape index (κ2) is 4.41. The minimum absolute atomic E-state index is 0. The molecule has 0 saturated carbocycles. The third kappa shape index (κ3) is 1.80.